The van der Waals surface area contributed by atoms with E-state index in [1.807, 2.05) is 0 Å². The maximum Gasteiger partial charge on any atom is 0.351 e. The van der Waals surface area contributed by atoms with E-state index >= 15 is 0 Å². The molecule has 106 valence electrons. The normalized spacial score (nSPS) is 11.4. The summed E-state index contributed by atoms with van der Waals surface area (Å²) in [7, 11) is 0. The van der Waals surface area contributed by atoms with Gasteiger partial charge in [-0.3, -0.25) is 0 Å². The Morgan fingerprint density at radius 2 is 2.05 bits per heavy atom. The van der Waals surface area contributed by atoms with Crippen LogP contribution >= 0.6 is 11.3 Å². The first-order chi connectivity index (χ1) is 9.29. The molecule has 0 aliphatic carbocycles. The molecule has 0 fully saturated rings. The summed E-state index contributed by atoms with van der Waals surface area (Å²) in [6, 6.07) is 5.20. The summed E-state index contributed by atoms with van der Waals surface area (Å²) in [5, 5.41) is 8.24. The fourth-order valence-electron chi connectivity index (χ4n) is 1.33. The van der Waals surface area contributed by atoms with Gasteiger partial charge < -0.3 is 9.84 Å². The Morgan fingerprint density at radius 1 is 1.40 bits per heavy atom. The summed E-state index contributed by atoms with van der Waals surface area (Å²) in [6.45, 7) is 0.588. The number of benzene rings is 1. The Hall–Kier alpha value is -2.09. The lowest BCUT2D eigenvalue weighted by Crippen LogP contribution is -2.05. The van der Waals surface area contributed by atoms with Gasteiger partial charge in [0, 0.05) is 6.92 Å². The SMILES string of the molecule is CC(F)(F)c1nc(Oc2ccccc2F)c(C(=O)O)s1. The van der Waals surface area contributed by atoms with Crippen LogP contribution in [0.2, 0.25) is 0 Å². The Labute approximate surface area is 115 Å². The van der Waals surface area contributed by atoms with Crippen molar-refractivity contribution in [2.45, 2.75) is 12.8 Å². The van der Waals surface area contributed by atoms with Gasteiger partial charge in [-0.05, 0) is 12.1 Å². The van der Waals surface area contributed by atoms with Crippen molar-refractivity contribution in [3.63, 3.8) is 0 Å². The molecule has 0 saturated carbocycles. The molecule has 0 saturated heterocycles. The van der Waals surface area contributed by atoms with Crippen LogP contribution in [0.15, 0.2) is 24.3 Å². The lowest BCUT2D eigenvalue weighted by atomic mass is 10.3. The topological polar surface area (TPSA) is 59.4 Å². The largest absolute Gasteiger partial charge is 0.477 e. The molecule has 1 aromatic heterocycles. The predicted octanol–water partition coefficient (Wildman–Crippen LogP) is 3.88. The van der Waals surface area contributed by atoms with Crippen molar-refractivity contribution in [1.82, 2.24) is 4.98 Å². The Morgan fingerprint density at radius 3 is 2.60 bits per heavy atom. The van der Waals surface area contributed by atoms with E-state index in [1.165, 1.54) is 18.2 Å². The number of carboxylic acid groups (broad SMARTS) is 1. The monoisotopic (exact) mass is 303 g/mol. The van der Waals surface area contributed by atoms with Gasteiger partial charge in [-0.1, -0.05) is 12.1 Å². The van der Waals surface area contributed by atoms with Crippen LogP contribution in [0.25, 0.3) is 0 Å². The number of hydrogen-bond acceptors (Lipinski definition) is 4. The number of alkyl halides is 2. The molecule has 0 unspecified atom stereocenters. The lowest BCUT2D eigenvalue weighted by molar-refractivity contribution is 0.0169. The molecule has 0 aliphatic heterocycles. The van der Waals surface area contributed by atoms with Crippen LogP contribution in [-0.4, -0.2) is 16.1 Å². The molecule has 0 spiro atoms. The zero-order chi connectivity index (χ0) is 14.9. The summed E-state index contributed by atoms with van der Waals surface area (Å²) in [5.41, 5.74) is 0. The van der Waals surface area contributed by atoms with Crippen molar-refractivity contribution < 1.29 is 27.8 Å². The second-order valence-corrected chi connectivity index (χ2v) is 4.88. The third-order valence-corrected chi connectivity index (χ3v) is 3.41. The minimum atomic E-state index is -3.30. The van der Waals surface area contributed by atoms with Gasteiger partial charge in [-0.25, -0.2) is 9.18 Å². The molecule has 1 heterocycles. The van der Waals surface area contributed by atoms with Crippen molar-refractivity contribution in [3.8, 4) is 11.6 Å². The van der Waals surface area contributed by atoms with E-state index < -0.39 is 33.5 Å². The molecule has 4 nitrogen and oxygen atoms in total. The minimum absolute atomic E-state index is 0.286. The van der Waals surface area contributed by atoms with E-state index in [2.05, 4.69) is 4.98 Å². The maximum absolute atomic E-state index is 13.4. The molecule has 2 aromatic rings. The number of carboxylic acids is 1. The van der Waals surface area contributed by atoms with E-state index in [4.69, 9.17) is 9.84 Å². The number of carbonyl (C=O) groups is 1. The lowest BCUT2D eigenvalue weighted by Gasteiger charge is -2.05. The van der Waals surface area contributed by atoms with Gasteiger partial charge in [0.1, 0.15) is 0 Å². The molecule has 0 radical (unpaired) electrons. The summed E-state index contributed by atoms with van der Waals surface area (Å²) in [5.74, 6) is -6.35. The van der Waals surface area contributed by atoms with Crippen LogP contribution in [-0.2, 0) is 5.92 Å². The van der Waals surface area contributed by atoms with E-state index in [0.717, 1.165) is 6.07 Å². The molecule has 8 heteroatoms. The van der Waals surface area contributed by atoms with Crippen molar-refractivity contribution in [3.05, 3.63) is 40.0 Å². The maximum atomic E-state index is 13.4. The first kappa shape index (κ1) is 14.3. The third kappa shape index (κ3) is 2.90. The highest BCUT2D eigenvalue weighted by molar-refractivity contribution is 7.14. The van der Waals surface area contributed by atoms with Crippen LogP contribution in [0, 0.1) is 5.82 Å². The van der Waals surface area contributed by atoms with Gasteiger partial charge in [-0.15, -0.1) is 11.3 Å². The predicted molar refractivity (Wildman–Crippen MR) is 65.1 cm³/mol. The Bertz CT molecular complexity index is 652. The number of halogens is 3. The molecular formula is C12H8F3NO3S. The Balaban J connectivity index is 2.43. The summed E-state index contributed by atoms with van der Waals surface area (Å²) in [4.78, 5) is 13.9. The van der Waals surface area contributed by atoms with Gasteiger partial charge in [0.25, 0.3) is 5.92 Å². The zero-order valence-corrected chi connectivity index (χ0v) is 10.9. The average Bonchev–Trinajstić information content (AvgIpc) is 2.76. The smallest absolute Gasteiger partial charge is 0.351 e. The molecule has 0 bridgehead atoms. The highest BCUT2D eigenvalue weighted by atomic mass is 32.1. The molecule has 20 heavy (non-hydrogen) atoms. The second-order valence-electron chi connectivity index (χ2n) is 3.88. The standard InChI is InChI=1S/C12H8F3NO3S/c1-12(14,15)11-16-9(8(20-11)10(17)18)19-7-5-3-2-4-6(7)13/h2-5H,1H3,(H,17,18). The number of nitrogens with zero attached hydrogens (tertiary/aromatic N) is 1. The molecule has 0 aliphatic rings. The van der Waals surface area contributed by atoms with Crippen LogP contribution in [0.3, 0.4) is 0 Å². The highest BCUT2D eigenvalue weighted by Gasteiger charge is 2.33. The van der Waals surface area contributed by atoms with E-state index in [0.29, 0.717) is 18.3 Å². The van der Waals surface area contributed by atoms with Gasteiger partial charge >= 0.3 is 5.97 Å². The van der Waals surface area contributed by atoms with E-state index in [-0.39, 0.29) is 5.75 Å². The number of aromatic nitrogens is 1. The van der Waals surface area contributed by atoms with Crippen LogP contribution in [0.5, 0.6) is 11.6 Å². The second kappa shape index (κ2) is 5.12. The molecule has 1 aromatic carbocycles. The third-order valence-electron chi connectivity index (χ3n) is 2.21. The van der Waals surface area contributed by atoms with Crippen LogP contribution < -0.4 is 4.74 Å². The Kier molecular flexibility index (Phi) is 3.67. The van der Waals surface area contributed by atoms with Crippen LogP contribution in [0.4, 0.5) is 13.2 Å². The number of aromatic carboxylic acids is 1. The fraction of sp³-hybridized carbons (Fsp3) is 0.167. The molecule has 0 amide bonds. The van der Waals surface area contributed by atoms with E-state index in [9.17, 15) is 18.0 Å². The van der Waals surface area contributed by atoms with Crippen molar-refractivity contribution in [2.24, 2.45) is 0 Å². The summed E-state index contributed by atoms with van der Waals surface area (Å²) in [6.07, 6.45) is 0. The average molecular weight is 303 g/mol. The summed E-state index contributed by atoms with van der Waals surface area (Å²) < 4.78 is 44.7. The van der Waals surface area contributed by atoms with Gasteiger partial charge in [0.05, 0.1) is 0 Å². The summed E-state index contributed by atoms with van der Waals surface area (Å²) >= 11 is 0.292. The number of ether oxygens (including phenoxy) is 1. The fourth-order valence-corrected chi connectivity index (χ4v) is 2.09. The minimum Gasteiger partial charge on any atom is -0.477 e. The first-order valence-electron chi connectivity index (χ1n) is 5.34. The number of para-hydroxylation sites is 1. The zero-order valence-electron chi connectivity index (χ0n) is 10.1. The number of thiazole rings is 1. The number of rotatable bonds is 4. The molecule has 0 atom stereocenters. The molecular weight excluding hydrogens is 295 g/mol. The molecule has 2 rings (SSSR count). The van der Waals surface area contributed by atoms with Gasteiger partial charge in [0.2, 0.25) is 5.88 Å². The molecule has 1 N–H and O–H groups in total. The quantitative estimate of drug-likeness (QED) is 0.931. The van der Waals surface area contributed by atoms with Crippen molar-refractivity contribution >= 4 is 17.3 Å². The van der Waals surface area contributed by atoms with Crippen molar-refractivity contribution in [1.29, 1.82) is 0 Å². The van der Waals surface area contributed by atoms with Crippen molar-refractivity contribution in [2.75, 3.05) is 0 Å². The van der Waals surface area contributed by atoms with Gasteiger partial charge in [-0.2, -0.15) is 13.8 Å². The number of hydrogen-bond donors (Lipinski definition) is 1. The highest BCUT2D eigenvalue weighted by Crippen LogP contribution is 2.37. The van der Waals surface area contributed by atoms with E-state index in [1.54, 1.807) is 0 Å². The van der Waals surface area contributed by atoms with Gasteiger partial charge in [0.15, 0.2) is 21.5 Å². The van der Waals surface area contributed by atoms with Crippen LogP contribution in [0.1, 0.15) is 21.6 Å². The first-order valence-corrected chi connectivity index (χ1v) is 6.15.